The zero-order valence-electron chi connectivity index (χ0n) is 9.27. The summed E-state index contributed by atoms with van der Waals surface area (Å²) in [5, 5.41) is 10.2. The van der Waals surface area contributed by atoms with E-state index in [1.165, 1.54) is 0 Å². The number of rotatable bonds is 2. The summed E-state index contributed by atoms with van der Waals surface area (Å²) in [7, 11) is 0. The predicted molar refractivity (Wildman–Crippen MR) is 68.3 cm³/mol. The van der Waals surface area contributed by atoms with E-state index < -0.39 is 0 Å². The van der Waals surface area contributed by atoms with E-state index in [2.05, 4.69) is 6.58 Å². The molecule has 0 saturated heterocycles. The van der Waals surface area contributed by atoms with Crippen molar-refractivity contribution in [2.75, 3.05) is 0 Å². The minimum atomic E-state index is 0.307. The van der Waals surface area contributed by atoms with Gasteiger partial charge in [0.2, 0.25) is 0 Å². The summed E-state index contributed by atoms with van der Waals surface area (Å²) in [5.41, 5.74) is 3.54. The molecule has 0 aromatic heterocycles. The smallest absolute Gasteiger partial charge is 0.130 e. The first-order valence-electron chi connectivity index (χ1n) is 5.23. The number of allylic oxidation sites excluding steroid dienone is 1. The molecule has 0 bridgehead atoms. The molecule has 0 spiro atoms. The van der Waals surface area contributed by atoms with Gasteiger partial charge in [-0.2, -0.15) is 0 Å². The number of benzene rings is 2. The van der Waals surface area contributed by atoms with E-state index in [1.54, 1.807) is 0 Å². The van der Waals surface area contributed by atoms with Crippen LogP contribution >= 0.6 is 0 Å². The van der Waals surface area contributed by atoms with Crippen LogP contribution in [-0.4, -0.2) is 5.11 Å². The van der Waals surface area contributed by atoms with E-state index in [-0.39, 0.29) is 0 Å². The molecular formula is C15H14O. The van der Waals surface area contributed by atoms with Gasteiger partial charge in [0.15, 0.2) is 0 Å². The summed E-state index contributed by atoms with van der Waals surface area (Å²) in [6, 6.07) is 15.6. The Morgan fingerprint density at radius 3 is 2.31 bits per heavy atom. The highest BCUT2D eigenvalue weighted by atomic mass is 16.3. The summed E-state index contributed by atoms with van der Waals surface area (Å²) in [5.74, 6) is 0.307. The maximum Gasteiger partial charge on any atom is 0.130 e. The van der Waals surface area contributed by atoms with Crippen LogP contribution in [0.5, 0.6) is 5.75 Å². The fourth-order valence-corrected chi connectivity index (χ4v) is 1.74. The molecule has 0 saturated carbocycles. The van der Waals surface area contributed by atoms with Gasteiger partial charge in [0.05, 0.1) is 0 Å². The monoisotopic (exact) mass is 210 g/mol. The van der Waals surface area contributed by atoms with Crippen LogP contribution in [0.3, 0.4) is 0 Å². The molecule has 1 N–H and O–H groups in total. The van der Waals surface area contributed by atoms with E-state index >= 15 is 0 Å². The van der Waals surface area contributed by atoms with E-state index in [4.69, 9.17) is 0 Å². The van der Waals surface area contributed by atoms with Crippen LogP contribution in [-0.2, 0) is 0 Å². The standard InChI is InChI=1S/C15H14O/c1-11(2)13-9-6-10-14(15(13)16)12-7-4-3-5-8-12/h3-10,16H,1H2,2H3. The molecule has 0 fully saturated rings. The van der Waals surface area contributed by atoms with Crippen molar-refractivity contribution in [1.29, 1.82) is 0 Å². The van der Waals surface area contributed by atoms with Crippen LogP contribution < -0.4 is 0 Å². The molecule has 0 amide bonds. The summed E-state index contributed by atoms with van der Waals surface area (Å²) < 4.78 is 0. The molecule has 0 atom stereocenters. The van der Waals surface area contributed by atoms with Gasteiger partial charge in [-0.25, -0.2) is 0 Å². The van der Waals surface area contributed by atoms with Gasteiger partial charge in [-0.3, -0.25) is 0 Å². The first-order valence-corrected chi connectivity index (χ1v) is 5.23. The second-order valence-corrected chi connectivity index (χ2v) is 3.85. The highest BCUT2D eigenvalue weighted by Crippen LogP contribution is 2.34. The molecule has 2 aromatic rings. The quantitative estimate of drug-likeness (QED) is 0.791. The van der Waals surface area contributed by atoms with Crippen LogP contribution in [0.25, 0.3) is 16.7 Å². The highest BCUT2D eigenvalue weighted by molar-refractivity contribution is 5.79. The van der Waals surface area contributed by atoms with Crippen molar-refractivity contribution >= 4 is 5.57 Å². The van der Waals surface area contributed by atoms with Gasteiger partial charge in [-0.05, 0) is 18.1 Å². The first-order chi connectivity index (χ1) is 7.70. The van der Waals surface area contributed by atoms with Crippen molar-refractivity contribution in [3.05, 3.63) is 60.7 Å². The molecule has 80 valence electrons. The number of para-hydroxylation sites is 1. The zero-order valence-corrected chi connectivity index (χ0v) is 9.27. The number of phenolic OH excluding ortho intramolecular Hbond substituents is 1. The normalized spacial score (nSPS) is 10.1. The van der Waals surface area contributed by atoms with Crippen LogP contribution in [0.2, 0.25) is 0 Å². The van der Waals surface area contributed by atoms with Gasteiger partial charge in [0, 0.05) is 11.1 Å². The Hall–Kier alpha value is -2.02. The van der Waals surface area contributed by atoms with Gasteiger partial charge in [0.1, 0.15) is 5.75 Å². The van der Waals surface area contributed by atoms with Gasteiger partial charge >= 0.3 is 0 Å². The van der Waals surface area contributed by atoms with Crippen molar-refractivity contribution in [2.24, 2.45) is 0 Å². The van der Waals surface area contributed by atoms with Gasteiger partial charge < -0.3 is 5.11 Å². The molecule has 0 aliphatic carbocycles. The minimum Gasteiger partial charge on any atom is -0.507 e. The first kappa shape index (κ1) is 10.5. The van der Waals surface area contributed by atoms with Gasteiger partial charge in [-0.1, -0.05) is 55.1 Å². The molecule has 0 heterocycles. The zero-order chi connectivity index (χ0) is 11.5. The molecule has 0 radical (unpaired) electrons. The SMILES string of the molecule is C=C(C)c1cccc(-c2ccccc2)c1O. The summed E-state index contributed by atoms with van der Waals surface area (Å²) >= 11 is 0. The molecule has 0 unspecified atom stereocenters. The molecule has 0 aliphatic heterocycles. The fourth-order valence-electron chi connectivity index (χ4n) is 1.74. The molecule has 0 aliphatic rings. The van der Waals surface area contributed by atoms with Crippen LogP contribution in [0.1, 0.15) is 12.5 Å². The fraction of sp³-hybridized carbons (Fsp3) is 0.0667. The van der Waals surface area contributed by atoms with E-state index in [9.17, 15) is 5.11 Å². The molecule has 2 rings (SSSR count). The Bertz CT molecular complexity index is 512. The van der Waals surface area contributed by atoms with Crippen LogP contribution in [0.4, 0.5) is 0 Å². The average Bonchev–Trinajstić information content (AvgIpc) is 2.30. The lowest BCUT2D eigenvalue weighted by Crippen LogP contribution is -1.84. The highest BCUT2D eigenvalue weighted by Gasteiger charge is 2.08. The van der Waals surface area contributed by atoms with Crippen molar-refractivity contribution in [2.45, 2.75) is 6.92 Å². The Morgan fingerprint density at radius 2 is 1.69 bits per heavy atom. The van der Waals surface area contributed by atoms with Crippen molar-refractivity contribution < 1.29 is 5.11 Å². The Morgan fingerprint density at radius 1 is 1.00 bits per heavy atom. The Balaban J connectivity index is 2.59. The topological polar surface area (TPSA) is 20.2 Å². The third-order valence-corrected chi connectivity index (χ3v) is 2.58. The maximum atomic E-state index is 10.2. The second kappa shape index (κ2) is 4.23. The third kappa shape index (κ3) is 1.84. The molecule has 1 nitrogen and oxygen atoms in total. The van der Waals surface area contributed by atoms with E-state index in [0.29, 0.717) is 5.75 Å². The van der Waals surface area contributed by atoms with Gasteiger partial charge in [0.25, 0.3) is 0 Å². The predicted octanol–water partition coefficient (Wildman–Crippen LogP) is 4.09. The van der Waals surface area contributed by atoms with E-state index in [1.807, 2.05) is 55.5 Å². The van der Waals surface area contributed by atoms with Crippen molar-refractivity contribution in [1.82, 2.24) is 0 Å². The lowest BCUT2D eigenvalue weighted by Gasteiger charge is -2.09. The van der Waals surface area contributed by atoms with Crippen LogP contribution in [0, 0.1) is 0 Å². The molecule has 2 aromatic carbocycles. The van der Waals surface area contributed by atoms with Crippen molar-refractivity contribution in [3.63, 3.8) is 0 Å². The Labute approximate surface area is 95.7 Å². The number of hydrogen-bond donors (Lipinski definition) is 1. The summed E-state index contributed by atoms with van der Waals surface area (Å²) in [6.07, 6.45) is 0. The van der Waals surface area contributed by atoms with E-state index in [0.717, 1.165) is 22.3 Å². The number of aromatic hydroxyl groups is 1. The molecular weight excluding hydrogens is 196 g/mol. The van der Waals surface area contributed by atoms with Crippen molar-refractivity contribution in [3.8, 4) is 16.9 Å². The van der Waals surface area contributed by atoms with Gasteiger partial charge in [-0.15, -0.1) is 0 Å². The molecule has 1 heteroatoms. The Kier molecular flexibility index (Phi) is 2.78. The molecule has 16 heavy (non-hydrogen) atoms. The summed E-state index contributed by atoms with van der Waals surface area (Å²) in [4.78, 5) is 0. The lowest BCUT2D eigenvalue weighted by molar-refractivity contribution is 0.475. The largest absolute Gasteiger partial charge is 0.507 e. The minimum absolute atomic E-state index is 0.307. The summed E-state index contributed by atoms with van der Waals surface area (Å²) in [6.45, 7) is 5.75. The van der Waals surface area contributed by atoms with Crippen LogP contribution in [0.15, 0.2) is 55.1 Å². The number of phenols is 1. The average molecular weight is 210 g/mol. The maximum absolute atomic E-state index is 10.2. The second-order valence-electron chi connectivity index (χ2n) is 3.85. The number of hydrogen-bond acceptors (Lipinski definition) is 1. The lowest BCUT2D eigenvalue weighted by atomic mass is 9.99. The third-order valence-electron chi connectivity index (χ3n) is 2.58.